The predicted molar refractivity (Wildman–Crippen MR) is 158 cm³/mol. The Balaban J connectivity index is 3.14. The first-order valence-electron chi connectivity index (χ1n) is 16.4. The molecule has 0 saturated heterocycles. The van der Waals surface area contributed by atoms with E-state index in [4.69, 9.17) is 0 Å². The number of hydrogen-bond acceptors (Lipinski definition) is 1. The van der Waals surface area contributed by atoms with Gasteiger partial charge in [-0.2, -0.15) is 0 Å². The standard InChI is InChI=1S/C33H66NO/c1-3-5-7-9-11-13-15-17-18-19-21-23-25-27-29-31-33(35)34-32-30-28-26-24-22-20-16-14-12-10-8-6-4-2/h2-32H2,1H3,(H,34,35). The molecule has 0 bridgehead atoms. The molecule has 0 heterocycles. The molecule has 2 heteroatoms. The van der Waals surface area contributed by atoms with Crippen molar-refractivity contribution in [2.75, 3.05) is 6.54 Å². The fourth-order valence-electron chi connectivity index (χ4n) is 5.04. The van der Waals surface area contributed by atoms with Crippen LogP contribution in [0.3, 0.4) is 0 Å². The summed E-state index contributed by atoms with van der Waals surface area (Å²) in [6.45, 7) is 7.08. The largest absolute Gasteiger partial charge is 0.356 e. The molecule has 0 aromatic heterocycles. The predicted octanol–water partition coefficient (Wildman–Crippen LogP) is 11.3. The number of amides is 1. The summed E-state index contributed by atoms with van der Waals surface area (Å²) in [4.78, 5) is 12.0. The summed E-state index contributed by atoms with van der Waals surface area (Å²) >= 11 is 0. The van der Waals surface area contributed by atoms with Gasteiger partial charge in [0.15, 0.2) is 0 Å². The number of carbonyl (C=O) groups is 1. The maximum Gasteiger partial charge on any atom is 0.219 e. The molecule has 0 aliphatic carbocycles. The molecule has 2 nitrogen and oxygen atoms in total. The van der Waals surface area contributed by atoms with Gasteiger partial charge in [0.25, 0.3) is 0 Å². The van der Waals surface area contributed by atoms with E-state index in [2.05, 4.69) is 19.2 Å². The molecular formula is C33H66NO. The van der Waals surface area contributed by atoms with Crippen LogP contribution in [-0.4, -0.2) is 12.5 Å². The zero-order valence-corrected chi connectivity index (χ0v) is 24.3. The Labute approximate surface area is 222 Å². The van der Waals surface area contributed by atoms with Gasteiger partial charge in [-0.1, -0.05) is 181 Å². The second-order valence-corrected chi connectivity index (χ2v) is 11.1. The monoisotopic (exact) mass is 493 g/mol. The van der Waals surface area contributed by atoms with Crippen molar-refractivity contribution < 1.29 is 4.79 Å². The van der Waals surface area contributed by atoms with E-state index >= 15 is 0 Å². The smallest absolute Gasteiger partial charge is 0.219 e. The van der Waals surface area contributed by atoms with Crippen LogP contribution in [0.5, 0.6) is 0 Å². The zero-order chi connectivity index (χ0) is 25.5. The van der Waals surface area contributed by atoms with Crippen LogP contribution in [0.2, 0.25) is 0 Å². The molecule has 35 heavy (non-hydrogen) atoms. The van der Waals surface area contributed by atoms with Crippen LogP contribution in [0, 0.1) is 6.92 Å². The van der Waals surface area contributed by atoms with Crippen LogP contribution in [-0.2, 0) is 4.79 Å². The second-order valence-electron chi connectivity index (χ2n) is 11.1. The van der Waals surface area contributed by atoms with Crippen LogP contribution in [0.25, 0.3) is 0 Å². The van der Waals surface area contributed by atoms with E-state index in [-0.39, 0.29) is 5.91 Å². The molecule has 1 N–H and O–H groups in total. The summed E-state index contributed by atoms with van der Waals surface area (Å²) in [5, 5.41) is 3.13. The molecule has 0 rings (SSSR count). The Kier molecular flexibility index (Phi) is 31.0. The number of hydrogen-bond donors (Lipinski definition) is 1. The highest BCUT2D eigenvalue weighted by atomic mass is 16.1. The van der Waals surface area contributed by atoms with E-state index in [0.29, 0.717) is 0 Å². The van der Waals surface area contributed by atoms with Crippen LogP contribution in [0.15, 0.2) is 0 Å². The van der Waals surface area contributed by atoms with Crippen molar-refractivity contribution in [1.82, 2.24) is 5.32 Å². The number of rotatable bonds is 30. The highest BCUT2D eigenvalue weighted by Crippen LogP contribution is 2.14. The summed E-state index contributed by atoms with van der Waals surface area (Å²) in [7, 11) is 0. The van der Waals surface area contributed by atoms with Gasteiger partial charge in [0.05, 0.1) is 0 Å². The number of nitrogens with one attached hydrogen (secondary N) is 1. The lowest BCUT2D eigenvalue weighted by atomic mass is 10.0. The third-order valence-corrected chi connectivity index (χ3v) is 7.51. The molecule has 0 saturated carbocycles. The first-order valence-corrected chi connectivity index (χ1v) is 16.4. The maximum absolute atomic E-state index is 12.0. The van der Waals surface area contributed by atoms with Gasteiger partial charge in [-0.15, -0.1) is 0 Å². The number of carbonyl (C=O) groups excluding carboxylic acids is 1. The summed E-state index contributed by atoms with van der Waals surface area (Å²) in [6, 6.07) is 0. The Morgan fingerprint density at radius 3 is 1.14 bits per heavy atom. The van der Waals surface area contributed by atoms with Gasteiger partial charge >= 0.3 is 0 Å². The van der Waals surface area contributed by atoms with Crippen molar-refractivity contribution in [3.05, 3.63) is 6.92 Å². The van der Waals surface area contributed by atoms with Crippen LogP contribution in [0.4, 0.5) is 0 Å². The molecule has 0 aliphatic heterocycles. The summed E-state index contributed by atoms with van der Waals surface area (Å²) in [5.41, 5.74) is 0. The highest BCUT2D eigenvalue weighted by molar-refractivity contribution is 5.75. The third kappa shape index (κ3) is 31.4. The van der Waals surface area contributed by atoms with Gasteiger partial charge in [-0.05, 0) is 12.8 Å². The molecule has 0 aromatic carbocycles. The quantitative estimate of drug-likeness (QED) is 0.0992. The lowest BCUT2D eigenvalue weighted by Gasteiger charge is -2.06. The molecule has 0 aromatic rings. The van der Waals surface area contributed by atoms with E-state index in [1.165, 1.54) is 161 Å². The van der Waals surface area contributed by atoms with E-state index in [1.54, 1.807) is 0 Å². The molecule has 0 aliphatic rings. The SMILES string of the molecule is [CH2]CCCCCCCCCCCCCCNC(=O)CCCCCCCCCCCCCCCCC. The molecular weight excluding hydrogens is 426 g/mol. The zero-order valence-electron chi connectivity index (χ0n) is 24.3. The molecule has 209 valence electrons. The summed E-state index contributed by atoms with van der Waals surface area (Å²) < 4.78 is 0. The molecule has 0 spiro atoms. The summed E-state index contributed by atoms with van der Waals surface area (Å²) in [6.07, 6.45) is 38.7. The average Bonchev–Trinajstić information content (AvgIpc) is 2.86. The minimum absolute atomic E-state index is 0.273. The van der Waals surface area contributed by atoms with Crippen molar-refractivity contribution in [3.8, 4) is 0 Å². The maximum atomic E-state index is 12.0. The van der Waals surface area contributed by atoms with Gasteiger partial charge in [0, 0.05) is 13.0 Å². The van der Waals surface area contributed by atoms with Crippen molar-refractivity contribution in [2.45, 2.75) is 193 Å². The van der Waals surface area contributed by atoms with E-state index in [9.17, 15) is 4.79 Å². The minimum Gasteiger partial charge on any atom is -0.356 e. The Hall–Kier alpha value is -0.530. The molecule has 0 atom stereocenters. The van der Waals surface area contributed by atoms with E-state index in [0.717, 1.165) is 32.2 Å². The average molecular weight is 493 g/mol. The lowest BCUT2D eigenvalue weighted by molar-refractivity contribution is -0.121. The molecule has 1 amide bonds. The van der Waals surface area contributed by atoms with Crippen molar-refractivity contribution >= 4 is 5.91 Å². The Morgan fingerprint density at radius 1 is 0.457 bits per heavy atom. The van der Waals surface area contributed by atoms with Gasteiger partial charge < -0.3 is 5.32 Å². The Bertz CT molecular complexity index is 395. The van der Waals surface area contributed by atoms with Gasteiger partial charge in [0.2, 0.25) is 5.91 Å². The fourth-order valence-corrected chi connectivity index (χ4v) is 5.04. The first-order chi connectivity index (χ1) is 17.3. The first kappa shape index (κ1) is 34.5. The third-order valence-electron chi connectivity index (χ3n) is 7.51. The van der Waals surface area contributed by atoms with Gasteiger partial charge in [-0.3, -0.25) is 4.79 Å². The van der Waals surface area contributed by atoms with E-state index in [1.807, 2.05) is 0 Å². The normalized spacial score (nSPS) is 11.3. The topological polar surface area (TPSA) is 29.1 Å². The molecule has 0 unspecified atom stereocenters. The second kappa shape index (κ2) is 31.5. The minimum atomic E-state index is 0.273. The van der Waals surface area contributed by atoms with Crippen LogP contribution >= 0.6 is 0 Å². The Morgan fingerprint density at radius 2 is 0.771 bits per heavy atom. The summed E-state index contributed by atoms with van der Waals surface area (Å²) in [5.74, 6) is 0.273. The fraction of sp³-hybridized carbons (Fsp3) is 0.939. The van der Waals surface area contributed by atoms with E-state index < -0.39 is 0 Å². The van der Waals surface area contributed by atoms with Crippen LogP contribution in [0.1, 0.15) is 193 Å². The lowest BCUT2D eigenvalue weighted by Crippen LogP contribution is -2.23. The van der Waals surface area contributed by atoms with Gasteiger partial charge in [0.1, 0.15) is 0 Å². The highest BCUT2D eigenvalue weighted by Gasteiger charge is 2.01. The van der Waals surface area contributed by atoms with Crippen LogP contribution < -0.4 is 5.32 Å². The van der Waals surface area contributed by atoms with Crippen molar-refractivity contribution in [3.63, 3.8) is 0 Å². The number of unbranched alkanes of at least 4 members (excludes halogenated alkanes) is 26. The van der Waals surface area contributed by atoms with Crippen molar-refractivity contribution in [2.24, 2.45) is 0 Å². The molecule has 0 fully saturated rings. The molecule has 1 radical (unpaired) electrons. The van der Waals surface area contributed by atoms with Crippen molar-refractivity contribution in [1.29, 1.82) is 0 Å². The van der Waals surface area contributed by atoms with Gasteiger partial charge in [-0.25, -0.2) is 0 Å².